The van der Waals surface area contributed by atoms with E-state index in [0.29, 0.717) is 30.6 Å². The van der Waals surface area contributed by atoms with E-state index in [1.807, 2.05) is 19.1 Å². The van der Waals surface area contributed by atoms with Crippen LogP contribution in [0.1, 0.15) is 73.1 Å². The molecular formula is C27H42O7. The average Bonchev–Trinajstić information content (AvgIpc) is 2.71. The van der Waals surface area contributed by atoms with Crippen molar-refractivity contribution in [3.63, 3.8) is 0 Å². The highest BCUT2D eigenvalue weighted by molar-refractivity contribution is 5.89. The van der Waals surface area contributed by atoms with E-state index in [1.165, 1.54) is 0 Å². The van der Waals surface area contributed by atoms with Crippen LogP contribution in [0.2, 0.25) is 0 Å². The van der Waals surface area contributed by atoms with Crippen LogP contribution >= 0.6 is 0 Å². The van der Waals surface area contributed by atoms with E-state index in [9.17, 15) is 24.9 Å². The Bertz CT molecular complexity index is 825. The van der Waals surface area contributed by atoms with Crippen LogP contribution in [-0.2, 0) is 14.3 Å². The van der Waals surface area contributed by atoms with E-state index in [1.54, 1.807) is 0 Å². The van der Waals surface area contributed by atoms with E-state index in [2.05, 4.69) is 34.3 Å². The van der Waals surface area contributed by atoms with Crippen molar-refractivity contribution in [3.8, 4) is 0 Å². The van der Waals surface area contributed by atoms with Gasteiger partial charge in [0.15, 0.2) is 0 Å². The first-order valence-electron chi connectivity index (χ1n) is 12.4. The summed E-state index contributed by atoms with van der Waals surface area (Å²) in [5.74, 6) is -1.45. The molecule has 192 valence electrons. The van der Waals surface area contributed by atoms with Gasteiger partial charge in [-0.05, 0) is 55.4 Å². The van der Waals surface area contributed by atoms with Gasteiger partial charge in [-0.1, -0.05) is 53.3 Å². The second-order valence-corrected chi connectivity index (χ2v) is 10.8. The van der Waals surface area contributed by atoms with Gasteiger partial charge in [0, 0.05) is 16.9 Å². The molecule has 2 aliphatic carbocycles. The van der Waals surface area contributed by atoms with Crippen molar-refractivity contribution >= 4 is 11.9 Å². The van der Waals surface area contributed by atoms with Gasteiger partial charge in [-0.2, -0.15) is 0 Å². The molecule has 0 spiro atoms. The molecule has 0 aromatic heterocycles. The minimum Gasteiger partial charge on any atom is -0.494 e. The molecule has 34 heavy (non-hydrogen) atoms. The quantitative estimate of drug-likeness (QED) is 0.303. The summed E-state index contributed by atoms with van der Waals surface area (Å²) < 4.78 is 6.49. The highest BCUT2D eigenvalue weighted by Crippen LogP contribution is 2.48. The van der Waals surface area contributed by atoms with E-state index in [0.717, 1.165) is 12.0 Å². The van der Waals surface area contributed by atoms with Crippen molar-refractivity contribution in [3.05, 3.63) is 35.6 Å². The zero-order valence-corrected chi connectivity index (χ0v) is 21.2. The van der Waals surface area contributed by atoms with Gasteiger partial charge < -0.3 is 25.2 Å². The summed E-state index contributed by atoms with van der Waals surface area (Å²) in [6, 6.07) is 0. The van der Waals surface area contributed by atoms with Crippen LogP contribution in [0.25, 0.3) is 0 Å². The van der Waals surface area contributed by atoms with Crippen molar-refractivity contribution in [2.45, 2.75) is 91.5 Å². The number of allylic oxidation sites excluding steroid dienone is 3. The Hall–Kier alpha value is -2.12. The lowest BCUT2D eigenvalue weighted by molar-refractivity contribution is -0.139. The summed E-state index contributed by atoms with van der Waals surface area (Å²) in [5.41, 5.74) is 1.01. The Morgan fingerprint density at radius 3 is 2.41 bits per heavy atom. The Balaban J connectivity index is 2.31. The molecule has 7 heteroatoms. The van der Waals surface area contributed by atoms with E-state index >= 15 is 0 Å². The van der Waals surface area contributed by atoms with Crippen molar-refractivity contribution in [1.29, 1.82) is 0 Å². The van der Waals surface area contributed by atoms with E-state index < -0.39 is 30.6 Å². The van der Waals surface area contributed by atoms with E-state index in [4.69, 9.17) is 9.84 Å². The molecule has 2 aliphatic rings. The molecule has 0 aliphatic heterocycles. The first-order chi connectivity index (χ1) is 15.8. The number of carboxylic acid groups (broad SMARTS) is 2. The number of rotatable bonds is 12. The van der Waals surface area contributed by atoms with Crippen molar-refractivity contribution in [2.75, 3.05) is 0 Å². The fourth-order valence-electron chi connectivity index (χ4n) is 5.25. The number of aliphatic hydroxyl groups excluding tert-OH is 2. The minimum atomic E-state index is -1.10. The Labute approximate surface area is 203 Å². The zero-order valence-electron chi connectivity index (χ0n) is 21.2. The number of ether oxygens (including phenoxy) is 1. The van der Waals surface area contributed by atoms with Crippen LogP contribution in [0, 0.1) is 29.1 Å². The SMILES string of the molecule is C=C(OC1CC(C)C(C(=O)O)=C2C=CC(C)C(CCC(O)CC(O)CC(=O)O)C21)C(C)(C)CC. The lowest BCUT2D eigenvalue weighted by Crippen LogP contribution is -2.43. The van der Waals surface area contributed by atoms with Crippen molar-refractivity contribution in [2.24, 2.45) is 29.1 Å². The largest absolute Gasteiger partial charge is 0.494 e. The smallest absolute Gasteiger partial charge is 0.332 e. The van der Waals surface area contributed by atoms with Crippen LogP contribution < -0.4 is 0 Å². The molecule has 0 saturated heterocycles. The van der Waals surface area contributed by atoms with Crippen LogP contribution in [0.5, 0.6) is 0 Å². The van der Waals surface area contributed by atoms with Gasteiger partial charge in [0.05, 0.1) is 24.4 Å². The third-order valence-corrected chi connectivity index (χ3v) is 7.82. The molecule has 0 aromatic carbocycles. The Morgan fingerprint density at radius 2 is 1.85 bits per heavy atom. The predicted octanol–water partition coefficient (Wildman–Crippen LogP) is 4.55. The minimum absolute atomic E-state index is 0.00453. The first kappa shape index (κ1) is 28.1. The molecule has 0 amide bonds. The van der Waals surface area contributed by atoms with Gasteiger partial charge in [-0.25, -0.2) is 4.79 Å². The molecule has 7 unspecified atom stereocenters. The molecule has 2 rings (SSSR count). The van der Waals surface area contributed by atoms with Gasteiger partial charge in [0.25, 0.3) is 0 Å². The Kier molecular flexibility index (Phi) is 9.54. The maximum absolute atomic E-state index is 12.2. The van der Waals surface area contributed by atoms with Gasteiger partial charge >= 0.3 is 11.9 Å². The van der Waals surface area contributed by atoms with Gasteiger partial charge in [0.1, 0.15) is 6.10 Å². The molecule has 0 saturated carbocycles. The number of hydrogen-bond acceptors (Lipinski definition) is 5. The number of carbonyl (C=O) groups is 2. The second kappa shape index (κ2) is 11.5. The maximum Gasteiger partial charge on any atom is 0.332 e. The molecule has 0 fully saturated rings. The molecule has 4 N–H and O–H groups in total. The van der Waals surface area contributed by atoms with Crippen LogP contribution in [0.15, 0.2) is 35.6 Å². The van der Waals surface area contributed by atoms with Crippen LogP contribution in [0.4, 0.5) is 0 Å². The van der Waals surface area contributed by atoms with Gasteiger partial charge in [-0.3, -0.25) is 4.79 Å². The highest BCUT2D eigenvalue weighted by Gasteiger charge is 2.45. The number of hydrogen-bond donors (Lipinski definition) is 4. The summed E-state index contributed by atoms with van der Waals surface area (Å²) in [6.45, 7) is 14.5. The molecule has 0 radical (unpaired) electrons. The van der Waals surface area contributed by atoms with Crippen LogP contribution in [0.3, 0.4) is 0 Å². The summed E-state index contributed by atoms with van der Waals surface area (Å²) >= 11 is 0. The fraction of sp³-hybridized carbons (Fsp3) is 0.704. The number of fused-ring (bicyclic) bond motifs is 1. The summed E-state index contributed by atoms with van der Waals surface area (Å²) in [7, 11) is 0. The summed E-state index contributed by atoms with van der Waals surface area (Å²) in [5, 5.41) is 39.1. The monoisotopic (exact) mass is 478 g/mol. The van der Waals surface area contributed by atoms with Gasteiger partial charge in [-0.15, -0.1) is 0 Å². The average molecular weight is 479 g/mol. The molecule has 7 nitrogen and oxygen atoms in total. The van der Waals surface area contributed by atoms with Crippen molar-refractivity contribution in [1.82, 2.24) is 0 Å². The topological polar surface area (TPSA) is 124 Å². The third kappa shape index (κ3) is 6.72. The lowest BCUT2D eigenvalue weighted by Gasteiger charge is -2.46. The first-order valence-corrected chi connectivity index (χ1v) is 12.4. The molecule has 0 heterocycles. The lowest BCUT2D eigenvalue weighted by atomic mass is 9.63. The molecule has 7 atom stereocenters. The summed E-state index contributed by atoms with van der Waals surface area (Å²) in [4.78, 5) is 23.0. The van der Waals surface area contributed by atoms with Crippen LogP contribution in [-0.4, -0.2) is 50.7 Å². The molecular weight excluding hydrogens is 436 g/mol. The normalized spacial score (nSPS) is 28.7. The second-order valence-electron chi connectivity index (χ2n) is 10.8. The molecule has 0 bridgehead atoms. The highest BCUT2D eigenvalue weighted by atomic mass is 16.5. The van der Waals surface area contributed by atoms with Gasteiger partial charge in [0.2, 0.25) is 0 Å². The fourth-order valence-corrected chi connectivity index (χ4v) is 5.25. The predicted molar refractivity (Wildman–Crippen MR) is 130 cm³/mol. The standard InChI is InChI=1S/C27H42O7/c1-7-27(5,6)17(4)34-22-12-16(3)24(26(32)33)21-10-8-15(2)20(25(21)22)11-9-18(28)13-19(29)14-23(30)31/h8,10,15-16,18-20,22,25,28-29H,4,7,9,11-14H2,1-3,5-6H3,(H,30,31)(H,32,33). The number of carboxylic acids is 2. The van der Waals surface area contributed by atoms with E-state index in [-0.39, 0.29) is 41.6 Å². The Morgan fingerprint density at radius 1 is 1.21 bits per heavy atom. The summed E-state index contributed by atoms with van der Waals surface area (Å²) in [6.07, 6.45) is 3.83. The van der Waals surface area contributed by atoms with Crippen molar-refractivity contribution < 1.29 is 34.8 Å². The maximum atomic E-state index is 12.2. The third-order valence-electron chi connectivity index (χ3n) is 7.82. The zero-order chi connectivity index (χ0) is 25.8. The number of aliphatic carboxylic acids is 2. The number of aliphatic hydroxyl groups is 2. The molecule has 0 aromatic rings.